The first-order valence-corrected chi connectivity index (χ1v) is 7.82. The number of thioether (sulfide) groups is 1. The third kappa shape index (κ3) is 4.86. The van der Waals surface area contributed by atoms with Gasteiger partial charge in [-0.2, -0.15) is 0 Å². The van der Waals surface area contributed by atoms with E-state index in [4.69, 9.17) is 12.2 Å². The smallest absolute Gasteiger partial charge is 0.331 e. The van der Waals surface area contributed by atoms with Crippen LogP contribution in [0.2, 0.25) is 0 Å². The van der Waals surface area contributed by atoms with Gasteiger partial charge < -0.3 is 15.4 Å². The zero-order chi connectivity index (χ0) is 16.2. The van der Waals surface area contributed by atoms with Gasteiger partial charge in [-0.25, -0.2) is 4.79 Å². The second kappa shape index (κ2) is 7.61. The summed E-state index contributed by atoms with van der Waals surface area (Å²) in [6, 6.07) is 0.270. The van der Waals surface area contributed by atoms with Crippen LogP contribution in [0.4, 0.5) is 0 Å². The van der Waals surface area contributed by atoms with Crippen molar-refractivity contribution in [3.05, 3.63) is 21.6 Å². The van der Waals surface area contributed by atoms with Gasteiger partial charge in [0.1, 0.15) is 4.99 Å². The van der Waals surface area contributed by atoms with Gasteiger partial charge in [0.15, 0.2) is 0 Å². The van der Waals surface area contributed by atoms with Crippen LogP contribution in [-0.4, -0.2) is 35.9 Å². The van der Waals surface area contributed by atoms with E-state index in [1.54, 1.807) is 0 Å². The number of esters is 1. The number of thiocarbonyl (C=S) groups is 1. The number of methoxy groups -OCH3 is 1. The summed E-state index contributed by atoms with van der Waals surface area (Å²) in [5.41, 5.74) is 0.410. The predicted octanol–water partition coefficient (Wildman–Crippen LogP) is 1.89. The molecule has 0 radical (unpaired) electrons. The lowest BCUT2D eigenvalue weighted by atomic mass is 10.1. The van der Waals surface area contributed by atoms with E-state index in [1.165, 1.54) is 24.9 Å². The fraction of sp³-hybridized carbons (Fsp3) is 0.500. The van der Waals surface area contributed by atoms with E-state index < -0.39 is 5.97 Å². The van der Waals surface area contributed by atoms with Gasteiger partial charge in [-0.15, -0.1) is 0 Å². The standard InChI is InChI=1S/C14H20N2O3S2/c1-7(2)15-13(20)11-12(18)9(6-10(17)19-5)21-14(11)16-8(3)4/h6-8,16H,1-5H3,(H,15,20)/b9-6-. The van der Waals surface area contributed by atoms with Crippen molar-refractivity contribution in [2.24, 2.45) is 0 Å². The number of carbonyl (C=O) groups excluding carboxylic acids is 2. The van der Waals surface area contributed by atoms with Crippen molar-refractivity contribution in [1.29, 1.82) is 0 Å². The number of carbonyl (C=O) groups is 2. The molecule has 1 aliphatic rings. The molecule has 0 amide bonds. The maximum Gasteiger partial charge on any atom is 0.331 e. The molecule has 1 aliphatic heterocycles. The highest BCUT2D eigenvalue weighted by Gasteiger charge is 2.33. The molecule has 0 aromatic rings. The molecule has 0 aromatic carbocycles. The molecule has 0 atom stereocenters. The number of allylic oxidation sites excluding steroid dienone is 1. The van der Waals surface area contributed by atoms with E-state index in [0.717, 1.165) is 0 Å². The van der Waals surface area contributed by atoms with E-state index in [-0.39, 0.29) is 17.9 Å². The van der Waals surface area contributed by atoms with Gasteiger partial charge in [0.05, 0.1) is 22.6 Å². The summed E-state index contributed by atoms with van der Waals surface area (Å²) in [5, 5.41) is 6.93. The Bertz CT molecular complexity index is 522. The summed E-state index contributed by atoms with van der Waals surface area (Å²) < 4.78 is 4.57. The van der Waals surface area contributed by atoms with E-state index >= 15 is 0 Å². The minimum atomic E-state index is -0.557. The normalized spacial score (nSPS) is 16.9. The summed E-state index contributed by atoms with van der Waals surface area (Å²) in [6.45, 7) is 7.83. The third-order valence-corrected chi connectivity index (χ3v) is 3.78. The number of Topliss-reactive ketones (excluding diaryl/α,β-unsaturated/α-hetero) is 1. The van der Waals surface area contributed by atoms with E-state index in [2.05, 4.69) is 15.4 Å². The lowest BCUT2D eigenvalue weighted by Gasteiger charge is -2.14. The molecular weight excluding hydrogens is 308 g/mol. The number of hydrogen-bond acceptors (Lipinski definition) is 6. The minimum absolute atomic E-state index is 0.122. The molecule has 2 N–H and O–H groups in total. The Kier molecular flexibility index (Phi) is 6.42. The summed E-state index contributed by atoms with van der Waals surface area (Å²) in [5.74, 6) is -0.814. The van der Waals surface area contributed by atoms with Gasteiger partial charge >= 0.3 is 5.97 Å². The summed E-state index contributed by atoms with van der Waals surface area (Å²) >= 11 is 6.51. The molecule has 5 nitrogen and oxygen atoms in total. The topological polar surface area (TPSA) is 67.4 Å². The molecule has 0 unspecified atom stereocenters. The van der Waals surface area contributed by atoms with Crippen LogP contribution in [0.25, 0.3) is 0 Å². The van der Waals surface area contributed by atoms with Crippen molar-refractivity contribution < 1.29 is 14.3 Å². The lowest BCUT2D eigenvalue weighted by molar-refractivity contribution is -0.135. The highest BCUT2D eigenvalue weighted by atomic mass is 32.2. The average Bonchev–Trinajstić information content (AvgIpc) is 2.63. The van der Waals surface area contributed by atoms with Gasteiger partial charge in [0.2, 0.25) is 5.78 Å². The van der Waals surface area contributed by atoms with Crippen LogP contribution in [0.1, 0.15) is 27.7 Å². The van der Waals surface area contributed by atoms with E-state index in [9.17, 15) is 9.59 Å². The number of ketones is 1. The first-order chi connectivity index (χ1) is 9.76. The largest absolute Gasteiger partial charge is 0.466 e. The lowest BCUT2D eigenvalue weighted by Crippen LogP contribution is -2.33. The predicted molar refractivity (Wildman–Crippen MR) is 88.9 cm³/mol. The maximum atomic E-state index is 12.4. The number of rotatable bonds is 5. The van der Waals surface area contributed by atoms with Crippen molar-refractivity contribution in [3.8, 4) is 0 Å². The van der Waals surface area contributed by atoms with Crippen molar-refractivity contribution in [2.75, 3.05) is 7.11 Å². The van der Waals surface area contributed by atoms with Gasteiger partial charge in [-0.1, -0.05) is 24.0 Å². The highest BCUT2D eigenvalue weighted by molar-refractivity contribution is 8.08. The molecule has 0 spiro atoms. The van der Waals surface area contributed by atoms with Crippen LogP contribution >= 0.6 is 24.0 Å². The van der Waals surface area contributed by atoms with Crippen molar-refractivity contribution in [1.82, 2.24) is 10.6 Å². The Labute approximate surface area is 134 Å². The molecule has 0 saturated heterocycles. The summed E-state index contributed by atoms with van der Waals surface area (Å²) in [7, 11) is 1.27. The fourth-order valence-corrected chi connectivity index (χ4v) is 3.26. The third-order valence-electron chi connectivity index (χ3n) is 2.41. The van der Waals surface area contributed by atoms with Gasteiger partial charge in [0, 0.05) is 18.2 Å². The molecule has 1 heterocycles. The summed E-state index contributed by atoms with van der Waals surface area (Å²) in [4.78, 5) is 24.5. The molecule has 21 heavy (non-hydrogen) atoms. The SMILES string of the molecule is COC(=O)/C=C1\SC(NC(C)C)=C(C(=S)NC(C)C)C1=O. The Morgan fingerprint density at radius 2 is 1.90 bits per heavy atom. The Morgan fingerprint density at radius 3 is 2.38 bits per heavy atom. The van der Waals surface area contributed by atoms with Crippen molar-refractivity contribution in [2.45, 2.75) is 39.8 Å². The molecule has 0 saturated carbocycles. The first-order valence-electron chi connectivity index (χ1n) is 6.60. The number of hydrogen-bond donors (Lipinski definition) is 2. The molecule has 0 aromatic heterocycles. The second-order valence-electron chi connectivity index (χ2n) is 5.09. The van der Waals surface area contributed by atoms with Crippen molar-refractivity contribution in [3.63, 3.8) is 0 Å². The zero-order valence-electron chi connectivity index (χ0n) is 12.8. The van der Waals surface area contributed by atoms with Crippen LogP contribution in [0.15, 0.2) is 21.6 Å². The Hall–Kier alpha value is -1.34. The molecular formula is C14H20N2O3S2. The van der Waals surface area contributed by atoms with Crippen LogP contribution in [0, 0.1) is 0 Å². The first kappa shape index (κ1) is 17.7. The second-order valence-corrected chi connectivity index (χ2v) is 6.55. The van der Waals surface area contributed by atoms with Crippen LogP contribution in [0.5, 0.6) is 0 Å². The highest BCUT2D eigenvalue weighted by Crippen LogP contribution is 2.37. The van der Waals surface area contributed by atoms with Crippen LogP contribution in [-0.2, 0) is 14.3 Å². The monoisotopic (exact) mass is 328 g/mol. The van der Waals surface area contributed by atoms with Crippen LogP contribution < -0.4 is 10.6 Å². The Balaban J connectivity index is 3.11. The molecule has 7 heteroatoms. The quantitative estimate of drug-likeness (QED) is 0.454. The van der Waals surface area contributed by atoms with Crippen LogP contribution in [0.3, 0.4) is 0 Å². The van der Waals surface area contributed by atoms with Gasteiger partial charge in [-0.3, -0.25) is 4.79 Å². The molecule has 0 fully saturated rings. The Morgan fingerprint density at radius 1 is 1.29 bits per heavy atom. The van der Waals surface area contributed by atoms with Crippen molar-refractivity contribution >= 4 is 40.7 Å². The minimum Gasteiger partial charge on any atom is -0.466 e. The molecule has 116 valence electrons. The van der Waals surface area contributed by atoms with E-state index in [0.29, 0.717) is 20.5 Å². The zero-order valence-corrected chi connectivity index (χ0v) is 14.4. The maximum absolute atomic E-state index is 12.4. The molecule has 0 aliphatic carbocycles. The van der Waals surface area contributed by atoms with E-state index in [1.807, 2.05) is 27.7 Å². The fourth-order valence-electron chi connectivity index (χ4n) is 1.60. The molecule has 0 bridgehead atoms. The molecule has 1 rings (SSSR count). The van der Waals surface area contributed by atoms with Gasteiger partial charge in [-0.05, 0) is 27.7 Å². The average molecular weight is 328 g/mol. The van der Waals surface area contributed by atoms with Gasteiger partial charge in [0.25, 0.3) is 0 Å². The summed E-state index contributed by atoms with van der Waals surface area (Å²) in [6.07, 6.45) is 1.19. The number of ether oxygens (including phenoxy) is 1. The number of nitrogens with one attached hydrogen (secondary N) is 2.